The Labute approximate surface area is 147 Å². The third-order valence-electron chi connectivity index (χ3n) is 3.81. The number of anilines is 1. The van der Waals surface area contributed by atoms with Crippen LogP contribution in [-0.2, 0) is 4.79 Å². The number of amides is 1. The average Bonchev–Trinajstić information content (AvgIpc) is 2.93. The highest BCUT2D eigenvalue weighted by Crippen LogP contribution is 2.21. The zero-order valence-corrected chi connectivity index (χ0v) is 14.6. The maximum absolute atomic E-state index is 12.3. The van der Waals surface area contributed by atoms with Gasteiger partial charge in [-0.15, -0.1) is 0 Å². The number of rotatable bonds is 5. The minimum Gasteiger partial charge on any atom is -0.484 e. The van der Waals surface area contributed by atoms with Gasteiger partial charge in [-0.05, 0) is 51.1 Å². The summed E-state index contributed by atoms with van der Waals surface area (Å²) in [4.78, 5) is 12.3. The third-order valence-corrected chi connectivity index (χ3v) is 3.81. The molecule has 3 aromatic rings. The molecule has 5 heteroatoms. The molecule has 1 heterocycles. The summed E-state index contributed by atoms with van der Waals surface area (Å²) in [5.41, 5.74) is 4.62. The van der Waals surface area contributed by atoms with E-state index < -0.39 is 0 Å². The largest absolute Gasteiger partial charge is 0.484 e. The molecule has 0 saturated heterocycles. The maximum atomic E-state index is 12.3. The second-order valence-electron chi connectivity index (χ2n) is 6.01. The Morgan fingerprint density at radius 2 is 1.80 bits per heavy atom. The Kier molecular flexibility index (Phi) is 4.84. The Morgan fingerprint density at radius 1 is 1.08 bits per heavy atom. The molecule has 0 spiro atoms. The molecule has 0 radical (unpaired) electrons. The lowest BCUT2D eigenvalue weighted by Gasteiger charge is -2.13. The molecule has 0 aliphatic carbocycles. The van der Waals surface area contributed by atoms with Crippen LogP contribution in [0, 0.1) is 20.8 Å². The van der Waals surface area contributed by atoms with Gasteiger partial charge in [0.15, 0.2) is 6.61 Å². The van der Waals surface area contributed by atoms with Crippen LogP contribution in [0.1, 0.15) is 17.0 Å². The molecule has 0 atom stereocenters. The number of aryl methyl sites for hydroxylation is 3. The number of hydrogen-bond acceptors (Lipinski definition) is 3. The van der Waals surface area contributed by atoms with E-state index in [2.05, 4.69) is 10.4 Å². The maximum Gasteiger partial charge on any atom is 0.262 e. The van der Waals surface area contributed by atoms with E-state index in [1.165, 1.54) is 0 Å². The summed E-state index contributed by atoms with van der Waals surface area (Å²) in [7, 11) is 0. The molecular formula is C20H21N3O2. The lowest BCUT2D eigenvalue weighted by atomic mass is 10.2. The molecule has 0 unspecified atom stereocenters. The van der Waals surface area contributed by atoms with Crippen LogP contribution in [0.4, 0.5) is 5.69 Å². The number of carbonyl (C=O) groups is 1. The highest BCUT2D eigenvalue weighted by molar-refractivity contribution is 5.93. The molecule has 1 aromatic heterocycles. The number of nitrogens with one attached hydrogen (secondary N) is 1. The summed E-state index contributed by atoms with van der Waals surface area (Å²) in [5, 5.41) is 7.39. The second kappa shape index (κ2) is 7.21. The van der Waals surface area contributed by atoms with Crippen LogP contribution >= 0.6 is 0 Å². The van der Waals surface area contributed by atoms with Crippen molar-refractivity contribution in [3.8, 4) is 11.4 Å². The van der Waals surface area contributed by atoms with Crippen LogP contribution in [0.2, 0.25) is 0 Å². The van der Waals surface area contributed by atoms with E-state index >= 15 is 0 Å². The molecule has 0 saturated carbocycles. The molecule has 0 bridgehead atoms. The molecule has 128 valence electrons. The number of para-hydroxylation sites is 2. The van der Waals surface area contributed by atoms with Gasteiger partial charge < -0.3 is 10.1 Å². The van der Waals surface area contributed by atoms with E-state index in [1.807, 2.05) is 80.1 Å². The van der Waals surface area contributed by atoms with E-state index in [-0.39, 0.29) is 12.5 Å². The molecule has 0 aliphatic rings. The fourth-order valence-corrected chi connectivity index (χ4v) is 2.61. The van der Waals surface area contributed by atoms with Gasteiger partial charge in [0.05, 0.1) is 17.1 Å². The molecular weight excluding hydrogens is 314 g/mol. The first-order chi connectivity index (χ1) is 12.0. The number of aromatic nitrogens is 2. The minimum atomic E-state index is -0.213. The highest BCUT2D eigenvalue weighted by atomic mass is 16.5. The Morgan fingerprint density at radius 3 is 2.48 bits per heavy atom. The van der Waals surface area contributed by atoms with Gasteiger partial charge in [0.1, 0.15) is 5.75 Å². The van der Waals surface area contributed by atoms with Crippen molar-refractivity contribution in [1.82, 2.24) is 9.78 Å². The van der Waals surface area contributed by atoms with Gasteiger partial charge in [-0.3, -0.25) is 4.79 Å². The van der Waals surface area contributed by atoms with Crippen LogP contribution < -0.4 is 10.1 Å². The smallest absolute Gasteiger partial charge is 0.262 e. The Hall–Kier alpha value is -3.08. The van der Waals surface area contributed by atoms with E-state index in [0.717, 1.165) is 22.6 Å². The van der Waals surface area contributed by atoms with E-state index in [9.17, 15) is 4.79 Å². The summed E-state index contributed by atoms with van der Waals surface area (Å²) in [6.07, 6.45) is 0. The van der Waals surface area contributed by atoms with Crippen LogP contribution in [0.25, 0.3) is 5.69 Å². The van der Waals surface area contributed by atoms with E-state index in [1.54, 1.807) is 0 Å². The molecule has 1 N–H and O–H groups in total. The lowest BCUT2D eigenvalue weighted by molar-refractivity contribution is -0.118. The van der Waals surface area contributed by atoms with Crippen molar-refractivity contribution in [2.75, 3.05) is 11.9 Å². The third kappa shape index (κ3) is 4.07. The summed E-state index contributed by atoms with van der Waals surface area (Å²) >= 11 is 0. The number of carbonyl (C=O) groups excluding carboxylic acids is 1. The number of hydrogen-bond donors (Lipinski definition) is 1. The summed E-state index contributed by atoms with van der Waals surface area (Å²) in [5.74, 6) is 0.460. The fraction of sp³-hybridized carbons (Fsp3) is 0.200. The van der Waals surface area contributed by atoms with E-state index in [4.69, 9.17) is 4.74 Å². The van der Waals surface area contributed by atoms with Crippen molar-refractivity contribution in [3.63, 3.8) is 0 Å². The van der Waals surface area contributed by atoms with Gasteiger partial charge in [0, 0.05) is 5.69 Å². The van der Waals surface area contributed by atoms with Gasteiger partial charge >= 0.3 is 0 Å². The van der Waals surface area contributed by atoms with Crippen LogP contribution in [0.5, 0.6) is 5.75 Å². The van der Waals surface area contributed by atoms with Gasteiger partial charge in [0.25, 0.3) is 5.91 Å². The average molecular weight is 335 g/mol. The normalized spacial score (nSPS) is 10.5. The van der Waals surface area contributed by atoms with Crippen molar-refractivity contribution in [2.24, 2.45) is 0 Å². The van der Waals surface area contributed by atoms with Gasteiger partial charge in [-0.1, -0.05) is 29.8 Å². The number of nitrogens with zero attached hydrogens (tertiary/aromatic N) is 2. The molecule has 25 heavy (non-hydrogen) atoms. The topological polar surface area (TPSA) is 56.1 Å². The minimum absolute atomic E-state index is 0.0471. The van der Waals surface area contributed by atoms with Crippen LogP contribution in [0.15, 0.2) is 54.6 Å². The first-order valence-corrected chi connectivity index (χ1v) is 8.15. The molecule has 1 amide bonds. The Balaban J connectivity index is 1.71. The molecule has 3 rings (SSSR count). The first-order valence-electron chi connectivity index (χ1n) is 8.15. The van der Waals surface area contributed by atoms with E-state index in [0.29, 0.717) is 11.4 Å². The van der Waals surface area contributed by atoms with Crippen LogP contribution in [0.3, 0.4) is 0 Å². The van der Waals surface area contributed by atoms with Crippen molar-refractivity contribution >= 4 is 11.6 Å². The van der Waals surface area contributed by atoms with Crippen molar-refractivity contribution in [2.45, 2.75) is 20.8 Å². The molecule has 2 aromatic carbocycles. The van der Waals surface area contributed by atoms with Gasteiger partial charge in [-0.2, -0.15) is 5.10 Å². The lowest BCUT2D eigenvalue weighted by Crippen LogP contribution is -2.21. The number of ether oxygens (including phenoxy) is 1. The predicted molar refractivity (Wildman–Crippen MR) is 98.3 cm³/mol. The first kappa shape index (κ1) is 16.8. The highest BCUT2D eigenvalue weighted by Gasteiger charge is 2.11. The number of benzene rings is 2. The van der Waals surface area contributed by atoms with Gasteiger partial charge in [-0.25, -0.2) is 4.68 Å². The van der Waals surface area contributed by atoms with Crippen LogP contribution in [-0.4, -0.2) is 22.3 Å². The zero-order chi connectivity index (χ0) is 17.8. The van der Waals surface area contributed by atoms with Crippen molar-refractivity contribution in [1.29, 1.82) is 0 Å². The summed E-state index contributed by atoms with van der Waals surface area (Å²) in [6, 6.07) is 17.2. The molecule has 5 nitrogen and oxygen atoms in total. The van der Waals surface area contributed by atoms with Gasteiger partial charge in [0.2, 0.25) is 0 Å². The monoisotopic (exact) mass is 335 g/mol. The Bertz CT molecular complexity index is 882. The standard InChI is InChI=1S/C20H21N3O2/c1-14-8-10-17(11-9-14)25-13-20(24)21-18-6-4-5-7-19(18)23-16(3)12-15(2)22-23/h4-12H,13H2,1-3H3,(H,21,24). The summed E-state index contributed by atoms with van der Waals surface area (Å²) in [6.45, 7) is 5.89. The SMILES string of the molecule is Cc1ccc(OCC(=O)Nc2ccccc2-n2nc(C)cc2C)cc1. The second-order valence-corrected chi connectivity index (χ2v) is 6.01. The zero-order valence-electron chi connectivity index (χ0n) is 14.6. The van der Waals surface area contributed by atoms with Crippen molar-refractivity contribution in [3.05, 3.63) is 71.5 Å². The molecule has 0 fully saturated rings. The molecule has 0 aliphatic heterocycles. The summed E-state index contributed by atoms with van der Waals surface area (Å²) < 4.78 is 7.36. The quantitative estimate of drug-likeness (QED) is 0.771. The van der Waals surface area contributed by atoms with Crippen molar-refractivity contribution < 1.29 is 9.53 Å². The fourth-order valence-electron chi connectivity index (χ4n) is 2.61. The predicted octanol–water partition coefficient (Wildman–Crippen LogP) is 3.82.